The van der Waals surface area contributed by atoms with Crippen molar-refractivity contribution in [2.24, 2.45) is 11.8 Å². The van der Waals surface area contributed by atoms with Gasteiger partial charge in [-0.25, -0.2) is 4.79 Å². The number of hydrogen-bond acceptors (Lipinski definition) is 5. The molecule has 2 fully saturated rings. The Morgan fingerprint density at radius 3 is 2.61 bits per heavy atom. The number of nitrogens with zero attached hydrogens (tertiary/aromatic N) is 2. The van der Waals surface area contributed by atoms with E-state index in [9.17, 15) is 18.0 Å². The summed E-state index contributed by atoms with van der Waals surface area (Å²) < 4.78 is 42.8. The van der Waals surface area contributed by atoms with Crippen LogP contribution in [0.1, 0.15) is 22.3 Å². The SMILES string of the molecule is COCC[C@H]1CO[C@H]2CN(C(=O)c3cncc(C)c3)C[C@@H]12.O=C(O)C(F)(F)F. The molecule has 2 aliphatic rings. The van der Waals surface area contributed by atoms with Crippen molar-refractivity contribution < 1.29 is 37.3 Å². The zero-order valence-corrected chi connectivity index (χ0v) is 15.6. The summed E-state index contributed by atoms with van der Waals surface area (Å²) in [6.45, 7) is 4.98. The van der Waals surface area contributed by atoms with Crippen LogP contribution in [-0.4, -0.2) is 72.6 Å². The van der Waals surface area contributed by atoms with Gasteiger partial charge in [0.05, 0.1) is 18.3 Å². The zero-order chi connectivity index (χ0) is 20.9. The largest absolute Gasteiger partial charge is 0.490 e. The van der Waals surface area contributed by atoms with Crippen LogP contribution in [0, 0.1) is 18.8 Å². The highest BCUT2D eigenvalue weighted by atomic mass is 19.4. The van der Waals surface area contributed by atoms with E-state index in [-0.39, 0.29) is 12.0 Å². The van der Waals surface area contributed by atoms with E-state index < -0.39 is 12.1 Å². The molecule has 10 heteroatoms. The first-order valence-electron chi connectivity index (χ1n) is 8.75. The molecule has 1 aromatic heterocycles. The van der Waals surface area contributed by atoms with E-state index >= 15 is 0 Å². The number of rotatable bonds is 4. The number of carbonyl (C=O) groups is 2. The monoisotopic (exact) mass is 404 g/mol. The van der Waals surface area contributed by atoms with Gasteiger partial charge in [0.2, 0.25) is 0 Å². The van der Waals surface area contributed by atoms with E-state index in [0.29, 0.717) is 23.9 Å². The van der Waals surface area contributed by atoms with Gasteiger partial charge in [0.25, 0.3) is 5.91 Å². The molecule has 3 rings (SSSR count). The first-order chi connectivity index (χ1) is 13.1. The fourth-order valence-electron chi connectivity index (χ4n) is 3.39. The quantitative estimate of drug-likeness (QED) is 0.827. The number of aromatic nitrogens is 1. The summed E-state index contributed by atoms with van der Waals surface area (Å²) in [7, 11) is 1.72. The van der Waals surface area contributed by atoms with E-state index in [1.807, 2.05) is 17.9 Å². The van der Waals surface area contributed by atoms with Gasteiger partial charge in [-0.15, -0.1) is 0 Å². The van der Waals surface area contributed by atoms with E-state index in [1.165, 1.54) is 0 Å². The average molecular weight is 404 g/mol. The molecule has 0 saturated carbocycles. The number of methoxy groups -OCH3 is 1. The van der Waals surface area contributed by atoms with Gasteiger partial charge < -0.3 is 19.5 Å². The van der Waals surface area contributed by atoms with Crippen LogP contribution < -0.4 is 0 Å². The van der Waals surface area contributed by atoms with Crippen LogP contribution in [0.3, 0.4) is 0 Å². The molecule has 7 nitrogen and oxygen atoms in total. The lowest BCUT2D eigenvalue weighted by molar-refractivity contribution is -0.192. The van der Waals surface area contributed by atoms with Crippen molar-refractivity contribution in [3.63, 3.8) is 0 Å². The summed E-state index contributed by atoms with van der Waals surface area (Å²) in [6.07, 6.45) is -0.480. The van der Waals surface area contributed by atoms with Crippen molar-refractivity contribution in [3.8, 4) is 0 Å². The number of alkyl halides is 3. The van der Waals surface area contributed by atoms with E-state index in [2.05, 4.69) is 4.98 Å². The fraction of sp³-hybridized carbons (Fsp3) is 0.611. The fourth-order valence-corrected chi connectivity index (χ4v) is 3.39. The number of carbonyl (C=O) groups excluding carboxylic acids is 1. The molecule has 1 N–H and O–H groups in total. The summed E-state index contributed by atoms with van der Waals surface area (Å²) in [6, 6.07) is 1.90. The Labute approximate surface area is 160 Å². The standard InChI is InChI=1S/C16H22N2O3.C2HF3O2/c1-11-5-13(7-17-6-11)16(19)18-8-14-12(3-4-20-2)10-21-15(14)9-18;3-2(4,5)1(6)7/h5-7,12,14-15H,3-4,8-10H2,1-2H3;(H,6,7)/t12-,14-,15-;/m0./s1. The second-order valence-electron chi connectivity index (χ2n) is 6.84. The van der Waals surface area contributed by atoms with Crippen molar-refractivity contribution in [3.05, 3.63) is 29.6 Å². The first-order valence-corrected chi connectivity index (χ1v) is 8.75. The third kappa shape index (κ3) is 5.65. The molecule has 2 aliphatic heterocycles. The Morgan fingerprint density at radius 1 is 1.36 bits per heavy atom. The van der Waals surface area contributed by atoms with Gasteiger partial charge in [0, 0.05) is 45.1 Å². The van der Waals surface area contributed by atoms with Crippen LogP contribution in [0.5, 0.6) is 0 Å². The smallest absolute Gasteiger partial charge is 0.475 e. The second-order valence-corrected chi connectivity index (χ2v) is 6.84. The Kier molecular flexibility index (Phi) is 7.36. The maximum atomic E-state index is 12.6. The molecule has 156 valence electrons. The van der Waals surface area contributed by atoms with Gasteiger partial charge in [-0.3, -0.25) is 9.78 Å². The zero-order valence-electron chi connectivity index (χ0n) is 15.6. The lowest BCUT2D eigenvalue weighted by Gasteiger charge is -2.19. The highest BCUT2D eigenvalue weighted by molar-refractivity contribution is 5.94. The van der Waals surface area contributed by atoms with Crippen LogP contribution >= 0.6 is 0 Å². The predicted octanol–water partition coefficient (Wildman–Crippen LogP) is 2.15. The normalized spacial score (nSPS) is 23.8. The molecule has 3 heterocycles. The van der Waals surface area contributed by atoms with Crippen LogP contribution in [0.2, 0.25) is 0 Å². The Bertz CT molecular complexity index is 698. The van der Waals surface area contributed by atoms with Gasteiger partial charge in [-0.1, -0.05) is 0 Å². The third-order valence-electron chi connectivity index (χ3n) is 4.78. The van der Waals surface area contributed by atoms with Crippen LogP contribution in [-0.2, 0) is 14.3 Å². The average Bonchev–Trinajstić information content (AvgIpc) is 3.20. The van der Waals surface area contributed by atoms with E-state index in [4.69, 9.17) is 19.4 Å². The number of pyridine rings is 1. The number of carboxylic acids is 1. The highest BCUT2D eigenvalue weighted by Crippen LogP contribution is 2.36. The summed E-state index contributed by atoms with van der Waals surface area (Å²) in [5.41, 5.74) is 1.68. The minimum Gasteiger partial charge on any atom is -0.475 e. The number of ether oxygens (including phenoxy) is 2. The lowest BCUT2D eigenvalue weighted by Crippen LogP contribution is -2.31. The number of carboxylic acid groups (broad SMARTS) is 1. The van der Waals surface area contributed by atoms with Crippen molar-refractivity contribution >= 4 is 11.9 Å². The van der Waals surface area contributed by atoms with Gasteiger partial charge >= 0.3 is 12.1 Å². The molecule has 1 amide bonds. The van der Waals surface area contributed by atoms with Crippen LogP contribution in [0.4, 0.5) is 13.2 Å². The number of aryl methyl sites for hydroxylation is 1. The van der Waals surface area contributed by atoms with Crippen LogP contribution in [0.15, 0.2) is 18.5 Å². The van der Waals surface area contributed by atoms with Gasteiger partial charge in [0.15, 0.2) is 0 Å². The minimum absolute atomic E-state index is 0.0645. The summed E-state index contributed by atoms with van der Waals surface area (Å²) in [5, 5.41) is 7.12. The van der Waals surface area contributed by atoms with Crippen molar-refractivity contribution in [2.45, 2.75) is 25.6 Å². The molecular weight excluding hydrogens is 381 g/mol. The van der Waals surface area contributed by atoms with Crippen molar-refractivity contribution in [1.29, 1.82) is 0 Å². The first kappa shape index (κ1) is 22.1. The molecule has 1 aromatic rings. The second kappa shape index (κ2) is 9.33. The number of amides is 1. The third-order valence-corrected chi connectivity index (χ3v) is 4.78. The lowest BCUT2D eigenvalue weighted by atomic mass is 9.91. The molecule has 28 heavy (non-hydrogen) atoms. The highest BCUT2D eigenvalue weighted by Gasteiger charge is 2.45. The molecule has 0 bridgehead atoms. The predicted molar refractivity (Wildman–Crippen MR) is 91.8 cm³/mol. The minimum atomic E-state index is -5.08. The summed E-state index contributed by atoms with van der Waals surface area (Å²) >= 11 is 0. The molecule has 3 atom stereocenters. The molecule has 0 radical (unpaired) electrons. The number of hydrogen-bond donors (Lipinski definition) is 1. The van der Waals surface area contributed by atoms with Gasteiger partial charge in [-0.2, -0.15) is 13.2 Å². The van der Waals surface area contributed by atoms with E-state index in [1.54, 1.807) is 19.5 Å². The summed E-state index contributed by atoms with van der Waals surface area (Å²) in [5.74, 6) is -1.74. The van der Waals surface area contributed by atoms with Crippen molar-refractivity contribution in [1.82, 2.24) is 9.88 Å². The maximum Gasteiger partial charge on any atom is 0.490 e. The topological polar surface area (TPSA) is 89.0 Å². The summed E-state index contributed by atoms with van der Waals surface area (Å²) in [4.78, 5) is 27.5. The van der Waals surface area contributed by atoms with E-state index in [0.717, 1.165) is 31.7 Å². The molecule has 0 aliphatic carbocycles. The Hall–Kier alpha value is -2.20. The Balaban J connectivity index is 0.000000345. The number of likely N-dealkylation sites (tertiary alicyclic amines) is 1. The molecule has 0 spiro atoms. The molecular formula is C18H23F3N2O5. The molecule has 0 unspecified atom stereocenters. The number of fused-ring (bicyclic) bond motifs is 1. The number of halogens is 3. The molecule has 2 saturated heterocycles. The molecule has 0 aromatic carbocycles. The van der Waals surface area contributed by atoms with Gasteiger partial charge in [0.1, 0.15) is 0 Å². The Morgan fingerprint density at radius 2 is 2.04 bits per heavy atom. The number of aliphatic carboxylic acids is 1. The maximum absolute atomic E-state index is 12.6. The van der Waals surface area contributed by atoms with Crippen LogP contribution in [0.25, 0.3) is 0 Å². The van der Waals surface area contributed by atoms with Crippen molar-refractivity contribution in [2.75, 3.05) is 33.4 Å². The van der Waals surface area contributed by atoms with Gasteiger partial charge in [-0.05, 0) is 30.9 Å².